The number of nitrogens with zero attached hydrogens (tertiary/aromatic N) is 4. The Kier molecular flexibility index (Phi) is 6.05. The summed E-state index contributed by atoms with van der Waals surface area (Å²) >= 11 is 0. The molecule has 4 rings (SSSR count). The van der Waals surface area contributed by atoms with Gasteiger partial charge >= 0.3 is 6.18 Å². The second-order valence-corrected chi connectivity index (χ2v) is 8.87. The van der Waals surface area contributed by atoms with Crippen LogP contribution in [0, 0.1) is 18.3 Å². The number of hydrogen-bond donors (Lipinski definition) is 2. The topological polar surface area (TPSA) is 117 Å². The first-order valence-corrected chi connectivity index (χ1v) is 10.8. The van der Waals surface area contributed by atoms with Crippen molar-refractivity contribution < 1.29 is 22.7 Å². The number of aromatic nitrogens is 2. The Hall–Kier alpha value is -3.87. The molecular weight excluding hydrogens is 461 g/mol. The van der Waals surface area contributed by atoms with Gasteiger partial charge in [-0.05, 0) is 51.0 Å². The van der Waals surface area contributed by atoms with Gasteiger partial charge < -0.3 is 20.7 Å². The van der Waals surface area contributed by atoms with Crippen molar-refractivity contribution in [1.82, 2.24) is 14.9 Å². The van der Waals surface area contributed by atoms with Gasteiger partial charge in [0.15, 0.2) is 5.94 Å². The predicted molar refractivity (Wildman–Crippen MR) is 122 cm³/mol. The molecule has 1 aromatic heterocycles. The van der Waals surface area contributed by atoms with Gasteiger partial charge in [0.05, 0.1) is 34.3 Å². The van der Waals surface area contributed by atoms with Crippen LogP contribution in [0.15, 0.2) is 23.9 Å². The summed E-state index contributed by atoms with van der Waals surface area (Å²) in [4.78, 5) is 22.4. The third-order valence-electron chi connectivity index (χ3n) is 6.18. The lowest BCUT2D eigenvalue weighted by atomic mass is 9.95. The average Bonchev–Trinajstić information content (AvgIpc) is 3.24. The van der Waals surface area contributed by atoms with Crippen LogP contribution in [0.25, 0.3) is 11.8 Å². The van der Waals surface area contributed by atoms with Crippen molar-refractivity contribution in [2.24, 2.45) is 0 Å². The molecule has 11 heteroatoms. The highest BCUT2D eigenvalue weighted by molar-refractivity contribution is 5.87. The van der Waals surface area contributed by atoms with Gasteiger partial charge in [-0.1, -0.05) is 0 Å². The average molecular weight is 484 g/mol. The lowest BCUT2D eigenvalue weighted by molar-refractivity contribution is -0.137. The first-order valence-electron chi connectivity index (χ1n) is 10.8. The van der Waals surface area contributed by atoms with Crippen LogP contribution >= 0.6 is 0 Å². The summed E-state index contributed by atoms with van der Waals surface area (Å²) < 4.78 is 45.5. The van der Waals surface area contributed by atoms with Gasteiger partial charge in [0.1, 0.15) is 29.0 Å². The number of nitrogens with one attached hydrogen (secondary N) is 1. The SMILES string of the molecule is Cc1nc(N[C@H](C)c2cc(N)cc(C(F)(F)F)c2)c2c(n1)=C(C#N)C(=C=O)N(C1(C)CCOC1)C=2. The Morgan fingerprint density at radius 2 is 2.06 bits per heavy atom. The molecule has 8 nitrogen and oxygen atoms in total. The molecular formula is C24H23F3N6O2. The number of benzene rings is 1. The molecule has 0 amide bonds. The molecule has 1 unspecified atom stereocenters. The molecule has 0 bridgehead atoms. The third kappa shape index (κ3) is 4.46. The predicted octanol–water partition coefficient (Wildman–Crippen LogP) is 2.18. The van der Waals surface area contributed by atoms with Crippen LogP contribution in [0.2, 0.25) is 0 Å². The molecule has 0 aliphatic carbocycles. The zero-order valence-electron chi connectivity index (χ0n) is 19.3. The molecule has 1 saturated heterocycles. The van der Waals surface area contributed by atoms with E-state index in [2.05, 4.69) is 21.4 Å². The molecule has 35 heavy (non-hydrogen) atoms. The number of aryl methyl sites for hydroxylation is 1. The van der Waals surface area contributed by atoms with E-state index in [9.17, 15) is 23.2 Å². The summed E-state index contributed by atoms with van der Waals surface area (Å²) in [6, 6.07) is 4.80. The minimum atomic E-state index is -4.55. The highest BCUT2D eigenvalue weighted by atomic mass is 19.4. The van der Waals surface area contributed by atoms with E-state index in [4.69, 9.17) is 10.5 Å². The summed E-state index contributed by atoms with van der Waals surface area (Å²) in [7, 11) is 0. The van der Waals surface area contributed by atoms with Crippen LogP contribution in [-0.2, 0) is 15.7 Å². The third-order valence-corrected chi connectivity index (χ3v) is 6.18. The molecule has 0 saturated carbocycles. The van der Waals surface area contributed by atoms with E-state index in [0.717, 1.165) is 12.1 Å². The van der Waals surface area contributed by atoms with E-state index in [0.29, 0.717) is 42.1 Å². The number of anilines is 2. The number of halogens is 3. The van der Waals surface area contributed by atoms with Gasteiger partial charge in [-0.15, -0.1) is 0 Å². The first kappa shape index (κ1) is 24.3. The summed E-state index contributed by atoms with van der Waals surface area (Å²) in [5.74, 6) is 2.50. The largest absolute Gasteiger partial charge is 0.416 e. The second-order valence-electron chi connectivity index (χ2n) is 8.87. The maximum absolute atomic E-state index is 13.3. The Morgan fingerprint density at radius 1 is 1.31 bits per heavy atom. The number of hydrogen-bond acceptors (Lipinski definition) is 8. The van der Waals surface area contributed by atoms with Crippen molar-refractivity contribution in [3.05, 3.63) is 51.4 Å². The number of alkyl halides is 3. The normalized spacial score (nSPS) is 20.5. The summed E-state index contributed by atoms with van der Waals surface area (Å²) in [6.07, 6.45) is -2.27. The van der Waals surface area contributed by atoms with Crippen molar-refractivity contribution in [2.75, 3.05) is 24.3 Å². The highest BCUT2D eigenvalue weighted by Crippen LogP contribution is 2.34. The molecule has 0 spiro atoms. The molecule has 182 valence electrons. The molecule has 2 aromatic rings. The van der Waals surface area contributed by atoms with E-state index >= 15 is 0 Å². The van der Waals surface area contributed by atoms with Gasteiger partial charge in [0, 0.05) is 18.5 Å². The number of ether oxygens (including phenoxy) is 1. The fraction of sp³-hybridized carbons (Fsp3) is 0.375. The van der Waals surface area contributed by atoms with Gasteiger partial charge in [-0.2, -0.15) is 18.4 Å². The maximum Gasteiger partial charge on any atom is 0.416 e. The van der Waals surface area contributed by atoms with Gasteiger partial charge in [-0.25, -0.2) is 14.8 Å². The van der Waals surface area contributed by atoms with Crippen LogP contribution in [-0.4, -0.2) is 39.6 Å². The maximum atomic E-state index is 13.3. The van der Waals surface area contributed by atoms with E-state index in [1.165, 1.54) is 6.07 Å². The first-order chi connectivity index (χ1) is 16.5. The van der Waals surface area contributed by atoms with Gasteiger partial charge in [-0.3, -0.25) is 0 Å². The molecule has 1 aromatic carbocycles. The van der Waals surface area contributed by atoms with Gasteiger partial charge in [0.2, 0.25) is 0 Å². The standard InChI is InChI=1S/C24H23F3N6O2/c1-13(15-6-16(24(25,26)27)8-17(29)7-15)30-22-19-10-33(23(3)4-5-35-12-23)20(11-34)18(9-28)21(19)31-14(2)32-22/h6-8,10,13H,4-5,12,29H2,1-3H3,(H,30,31,32)/t13-,23?/m1/s1. The van der Waals surface area contributed by atoms with Crippen molar-refractivity contribution in [3.63, 3.8) is 0 Å². The molecule has 2 aliphatic heterocycles. The van der Waals surface area contributed by atoms with Crippen LogP contribution < -0.4 is 21.6 Å². The molecule has 2 aliphatic rings. The number of nitrogen functional groups attached to an aromatic ring is 1. The number of nitrogens with two attached hydrogens (primary N) is 1. The summed E-state index contributed by atoms with van der Waals surface area (Å²) in [6.45, 7) is 6.03. The van der Waals surface area contributed by atoms with E-state index in [1.54, 1.807) is 24.9 Å². The van der Waals surface area contributed by atoms with Crippen LogP contribution in [0.3, 0.4) is 0 Å². The Balaban J connectivity index is 1.87. The number of nitriles is 1. The second kappa shape index (κ2) is 8.73. The Labute approximate surface area is 199 Å². The molecule has 2 atom stereocenters. The Morgan fingerprint density at radius 3 is 2.66 bits per heavy atom. The quantitative estimate of drug-likeness (QED) is 0.501. The lowest BCUT2D eigenvalue weighted by Gasteiger charge is -2.37. The van der Waals surface area contributed by atoms with Crippen LogP contribution in [0.1, 0.15) is 43.3 Å². The summed E-state index contributed by atoms with van der Waals surface area (Å²) in [5.41, 5.74) is 4.66. The van der Waals surface area contributed by atoms with E-state index in [1.807, 2.05) is 12.9 Å². The van der Waals surface area contributed by atoms with Crippen LogP contribution in [0.5, 0.6) is 0 Å². The van der Waals surface area contributed by atoms with E-state index < -0.39 is 23.3 Å². The fourth-order valence-electron chi connectivity index (χ4n) is 4.29. The Bertz CT molecular complexity index is 1400. The molecule has 3 N–H and O–H groups in total. The molecule has 3 heterocycles. The number of carbonyl (C=O) groups excluding carboxylic acids is 1. The number of allylic oxidation sites excluding steroid dienone is 1. The zero-order valence-corrected chi connectivity index (χ0v) is 19.3. The molecule has 0 radical (unpaired) electrons. The van der Waals surface area contributed by atoms with Crippen molar-refractivity contribution in [3.8, 4) is 6.07 Å². The number of fused-ring (bicyclic) bond motifs is 1. The van der Waals surface area contributed by atoms with E-state index in [-0.39, 0.29) is 22.3 Å². The van der Waals surface area contributed by atoms with Crippen molar-refractivity contribution in [2.45, 2.75) is 44.9 Å². The smallest absolute Gasteiger partial charge is 0.399 e. The monoisotopic (exact) mass is 484 g/mol. The molecule has 1 fully saturated rings. The number of rotatable bonds is 4. The minimum absolute atomic E-state index is 0.0165. The van der Waals surface area contributed by atoms with Crippen molar-refractivity contribution >= 4 is 29.2 Å². The van der Waals surface area contributed by atoms with Crippen molar-refractivity contribution in [1.29, 1.82) is 5.26 Å². The summed E-state index contributed by atoms with van der Waals surface area (Å²) in [5, 5.41) is 13.7. The fourth-order valence-corrected chi connectivity index (χ4v) is 4.29. The van der Waals surface area contributed by atoms with Crippen LogP contribution in [0.4, 0.5) is 24.7 Å². The van der Waals surface area contributed by atoms with Gasteiger partial charge in [0.25, 0.3) is 0 Å². The minimum Gasteiger partial charge on any atom is -0.399 e. The zero-order chi connectivity index (χ0) is 25.5. The highest BCUT2D eigenvalue weighted by Gasteiger charge is 2.40. The lowest BCUT2D eigenvalue weighted by Crippen LogP contribution is -2.50.